The van der Waals surface area contributed by atoms with E-state index < -0.39 is 13.0 Å². The first-order chi connectivity index (χ1) is 11.2. The third kappa shape index (κ3) is 4.51. The van der Waals surface area contributed by atoms with E-state index in [1.54, 1.807) is 44.4 Å². The third-order valence-corrected chi connectivity index (χ3v) is 3.43. The lowest BCUT2D eigenvalue weighted by atomic mass is 10.0. The number of halogens is 3. The minimum atomic E-state index is -4.65. The molecule has 0 atom stereocenters. The number of nitrogen functional groups attached to an aromatic ring is 1. The van der Waals surface area contributed by atoms with Gasteiger partial charge < -0.3 is 15.6 Å². The van der Waals surface area contributed by atoms with Crippen LogP contribution in [-0.4, -0.2) is 24.1 Å². The monoisotopic (exact) mass is 341 g/mol. The van der Waals surface area contributed by atoms with E-state index in [4.69, 9.17) is 5.73 Å². The molecular formula is C16H18F3N3O2. The molecule has 1 heterocycles. The van der Waals surface area contributed by atoms with Gasteiger partial charge in [0.25, 0.3) is 5.56 Å². The Bertz CT molecular complexity index is 759. The fourth-order valence-electron chi connectivity index (χ4n) is 2.28. The fraction of sp³-hybridized carbons (Fsp3) is 0.312. The average molecular weight is 341 g/mol. The van der Waals surface area contributed by atoms with Crippen LogP contribution in [-0.2, 0) is 11.8 Å². The standard InChI is InChI=1S/C16H18F3N3O2/c1-10-7-12(9-22(2)15(10)23)11-3-4-13(20)14(8-11)21-5-6-24-16(17,18)19/h3-4,7-9,21H,5-6,20H2,1-2H3. The first kappa shape index (κ1) is 17.9. The van der Waals surface area contributed by atoms with Gasteiger partial charge in [-0.3, -0.25) is 9.53 Å². The molecule has 0 spiro atoms. The Labute approximate surface area is 136 Å². The number of nitrogens with one attached hydrogen (secondary N) is 1. The zero-order valence-corrected chi connectivity index (χ0v) is 13.3. The molecular weight excluding hydrogens is 323 g/mol. The molecule has 130 valence electrons. The van der Waals surface area contributed by atoms with Gasteiger partial charge in [-0.25, -0.2) is 0 Å². The molecule has 0 saturated carbocycles. The van der Waals surface area contributed by atoms with Crippen molar-refractivity contribution in [2.75, 3.05) is 24.2 Å². The normalized spacial score (nSPS) is 11.5. The molecule has 0 radical (unpaired) electrons. The number of nitrogens with zero attached hydrogens (tertiary/aromatic N) is 1. The van der Waals surface area contributed by atoms with Crippen molar-refractivity contribution in [2.45, 2.75) is 13.3 Å². The number of rotatable bonds is 5. The zero-order chi connectivity index (χ0) is 17.9. The molecule has 3 N–H and O–H groups in total. The molecule has 2 rings (SSSR count). The minimum absolute atomic E-state index is 0.0422. The molecule has 0 aliphatic heterocycles. The molecule has 0 bridgehead atoms. The van der Waals surface area contributed by atoms with Gasteiger partial charge in [0.15, 0.2) is 0 Å². The highest BCUT2D eigenvalue weighted by Crippen LogP contribution is 2.27. The number of benzene rings is 1. The van der Waals surface area contributed by atoms with Gasteiger partial charge in [0.1, 0.15) is 0 Å². The fourth-order valence-corrected chi connectivity index (χ4v) is 2.28. The van der Waals surface area contributed by atoms with Crippen LogP contribution in [0.2, 0.25) is 0 Å². The van der Waals surface area contributed by atoms with Crippen LogP contribution < -0.4 is 16.6 Å². The predicted molar refractivity (Wildman–Crippen MR) is 86.8 cm³/mol. The minimum Gasteiger partial charge on any atom is -0.397 e. The largest absolute Gasteiger partial charge is 0.522 e. The Balaban J connectivity index is 2.18. The van der Waals surface area contributed by atoms with Crippen LogP contribution in [0.5, 0.6) is 0 Å². The number of hydrogen-bond donors (Lipinski definition) is 2. The summed E-state index contributed by atoms with van der Waals surface area (Å²) in [6, 6.07) is 6.92. The first-order valence-corrected chi connectivity index (χ1v) is 7.19. The molecule has 0 amide bonds. The number of anilines is 2. The molecule has 2 aromatic rings. The molecule has 0 unspecified atom stereocenters. The highest BCUT2D eigenvalue weighted by atomic mass is 19.4. The Kier molecular flexibility index (Phi) is 5.18. The van der Waals surface area contributed by atoms with Gasteiger partial charge in [-0.2, -0.15) is 0 Å². The second-order valence-electron chi connectivity index (χ2n) is 5.35. The summed E-state index contributed by atoms with van der Waals surface area (Å²) in [7, 11) is 1.66. The molecule has 5 nitrogen and oxygen atoms in total. The van der Waals surface area contributed by atoms with E-state index in [9.17, 15) is 18.0 Å². The van der Waals surface area contributed by atoms with Crippen molar-refractivity contribution in [3.05, 3.63) is 46.4 Å². The Morgan fingerprint density at radius 1 is 1.25 bits per heavy atom. The lowest BCUT2D eigenvalue weighted by Gasteiger charge is -2.13. The van der Waals surface area contributed by atoms with Crippen molar-refractivity contribution >= 4 is 11.4 Å². The molecule has 1 aromatic carbocycles. The number of aromatic nitrogens is 1. The van der Waals surface area contributed by atoms with E-state index in [1.807, 2.05) is 0 Å². The van der Waals surface area contributed by atoms with Crippen LogP contribution in [0.4, 0.5) is 24.5 Å². The van der Waals surface area contributed by atoms with Gasteiger partial charge >= 0.3 is 6.36 Å². The van der Waals surface area contributed by atoms with Gasteiger partial charge in [-0.05, 0) is 36.2 Å². The maximum atomic E-state index is 12.0. The molecule has 1 aromatic heterocycles. The molecule has 0 aliphatic rings. The second-order valence-corrected chi connectivity index (χ2v) is 5.35. The quantitative estimate of drug-likeness (QED) is 0.648. The van der Waals surface area contributed by atoms with Gasteiger partial charge in [0.05, 0.1) is 18.0 Å². The van der Waals surface area contributed by atoms with Crippen LogP contribution in [0.1, 0.15) is 5.56 Å². The molecule has 8 heteroatoms. The Morgan fingerprint density at radius 3 is 2.58 bits per heavy atom. The van der Waals surface area contributed by atoms with E-state index in [-0.39, 0.29) is 12.1 Å². The predicted octanol–water partition coefficient (Wildman–Crippen LogP) is 2.89. The Morgan fingerprint density at radius 2 is 1.96 bits per heavy atom. The second kappa shape index (κ2) is 6.96. The molecule has 24 heavy (non-hydrogen) atoms. The SMILES string of the molecule is Cc1cc(-c2ccc(N)c(NCCOC(F)(F)F)c2)cn(C)c1=O. The molecule has 0 fully saturated rings. The topological polar surface area (TPSA) is 69.3 Å². The van der Waals surface area contributed by atoms with Crippen molar-refractivity contribution in [2.24, 2.45) is 7.05 Å². The smallest absolute Gasteiger partial charge is 0.397 e. The maximum absolute atomic E-state index is 12.0. The lowest BCUT2D eigenvalue weighted by molar-refractivity contribution is -0.322. The number of hydrogen-bond acceptors (Lipinski definition) is 4. The highest BCUT2D eigenvalue weighted by molar-refractivity contribution is 5.76. The van der Waals surface area contributed by atoms with Crippen molar-refractivity contribution in [1.29, 1.82) is 0 Å². The van der Waals surface area contributed by atoms with E-state index in [0.29, 0.717) is 16.9 Å². The van der Waals surface area contributed by atoms with Gasteiger partial charge in [0.2, 0.25) is 0 Å². The van der Waals surface area contributed by atoms with Crippen molar-refractivity contribution in [1.82, 2.24) is 4.57 Å². The van der Waals surface area contributed by atoms with E-state index in [0.717, 1.165) is 11.1 Å². The van der Waals surface area contributed by atoms with Gasteiger partial charge in [-0.15, -0.1) is 13.2 Å². The van der Waals surface area contributed by atoms with E-state index in [2.05, 4.69) is 10.1 Å². The third-order valence-electron chi connectivity index (χ3n) is 3.43. The summed E-state index contributed by atoms with van der Waals surface area (Å²) < 4.78 is 41.0. The van der Waals surface area contributed by atoms with E-state index >= 15 is 0 Å². The van der Waals surface area contributed by atoms with Crippen LogP contribution in [0.15, 0.2) is 35.3 Å². The summed E-state index contributed by atoms with van der Waals surface area (Å²) >= 11 is 0. The zero-order valence-electron chi connectivity index (χ0n) is 13.3. The first-order valence-electron chi connectivity index (χ1n) is 7.19. The number of pyridine rings is 1. The number of ether oxygens (including phenoxy) is 1. The summed E-state index contributed by atoms with van der Waals surface area (Å²) in [6.07, 6.45) is -2.96. The summed E-state index contributed by atoms with van der Waals surface area (Å²) in [5.74, 6) is 0. The maximum Gasteiger partial charge on any atom is 0.522 e. The Hall–Kier alpha value is -2.48. The summed E-state index contributed by atoms with van der Waals surface area (Å²) in [4.78, 5) is 11.8. The van der Waals surface area contributed by atoms with Crippen LogP contribution in [0, 0.1) is 6.92 Å². The van der Waals surface area contributed by atoms with Crippen molar-refractivity contribution < 1.29 is 17.9 Å². The van der Waals surface area contributed by atoms with Crippen LogP contribution in [0.25, 0.3) is 11.1 Å². The number of aryl methyl sites for hydroxylation is 2. The van der Waals surface area contributed by atoms with Crippen LogP contribution in [0.3, 0.4) is 0 Å². The highest BCUT2D eigenvalue weighted by Gasteiger charge is 2.28. The average Bonchev–Trinajstić information content (AvgIpc) is 2.49. The number of alkyl halides is 3. The lowest BCUT2D eigenvalue weighted by Crippen LogP contribution is -2.19. The van der Waals surface area contributed by atoms with Gasteiger partial charge in [0, 0.05) is 25.4 Å². The summed E-state index contributed by atoms with van der Waals surface area (Å²) in [5, 5.41) is 2.82. The van der Waals surface area contributed by atoms with Crippen molar-refractivity contribution in [3.8, 4) is 11.1 Å². The van der Waals surface area contributed by atoms with Crippen molar-refractivity contribution in [3.63, 3.8) is 0 Å². The molecule has 0 saturated heterocycles. The summed E-state index contributed by atoms with van der Waals surface area (Å²) in [5.41, 5.74) is 8.87. The number of nitrogens with two attached hydrogens (primary N) is 1. The van der Waals surface area contributed by atoms with Crippen LogP contribution >= 0.6 is 0 Å². The van der Waals surface area contributed by atoms with E-state index in [1.165, 1.54) is 4.57 Å². The van der Waals surface area contributed by atoms with Gasteiger partial charge in [-0.1, -0.05) is 6.07 Å². The molecule has 0 aliphatic carbocycles. The summed E-state index contributed by atoms with van der Waals surface area (Å²) in [6.45, 7) is 1.16.